The number of hydrogen-bond acceptors (Lipinski definition) is 3. The van der Waals surface area contributed by atoms with Crippen LogP contribution in [0.25, 0.3) is 0 Å². The number of hydrogen-bond donors (Lipinski definition) is 1. The Morgan fingerprint density at radius 1 is 1.40 bits per heavy atom. The summed E-state index contributed by atoms with van der Waals surface area (Å²) in [5, 5.41) is 3.36. The van der Waals surface area contributed by atoms with Gasteiger partial charge in [0.2, 0.25) is 0 Å². The van der Waals surface area contributed by atoms with Gasteiger partial charge < -0.3 is 10.1 Å². The zero-order chi connectivity index (χ0) is 10.9. The molecule has 82 valence electrons. The molecule has 0 spiro atoms. The lowest BCUT2D eigenvalue weighted by atomic mass is 9.67. The molecule has 15 heavy (non-hydrogen) atoms. The van der Waals surface area contributed by atoms with Gasteiger partial charge >= 0.3 is 0 Å². The lowest BCUT2D eigenvalue weighted by Crippen LogP contribution is -2.66. The largest absolute Gasteiger partial charge is 0.379 e. The molecule has 0 unspecified atom stereocenters. The van der Waals surface area contributed by atoms with Gasteiger partial charge in [-0.2, -0.15) is 0 Å². The van der Waals surface area contributed by atoms with Crippen molar-refractivity contribution in [3.63, 3.8) is 0 Å². The molecule has 0 saturated carbocycles. The maximum atomic E-state index is 5.40. The standard InChI is InChI=1S/C12H18N2O/c1-11(2,13-3)12(8-15-9-12)10-6-4-5-7-14-10/h4-7,13H,8-9H2,1-3H3. The summed E-state index contributed by atoms with van der Waals surface area (Å²) in [4.78, 5) is 4.47. The average molecular weight is 206 g/mol. The molecule has 1 aromatic rings. The van der Waals surface area contributed by atoms with Gasteiger partial charge in [0.1, 0.15) is 0 Å². The van der Waals surface area contributed by atoms with Crippen LogP contribution in [0.15, 0.2) is 24.4 Å². The number of likely N-dealkylation sites (N-methyl/N-ethyl adjacent to an activating group) is 1. The van der Waals surface area contributed by atoms with Crippen molar-refractivity contribution in [1.82, 2.24) is 10.3 Å². The maximum Gasteiger partial charge on any atom is 0.0768 e. The molecule has 3 nitrogen and oxygen atoms in total. The van der Waals surface area contributed by atoms with E-state index < -0.39 is 0 Å². The van der Waals surface area contributed by atoms with E-state index >= 15 is 0 Å². The van der Waals surface area contributed by atoms with E-state index in [2.05, 4.69) is 30.2 Å². The topological polar surface area (TPSA) is 34.2 Å². The molecular formula is C12H18N2O. The van der Waals surface area contributed by atoms with E-state index in [1.165, 1.54) is 0 Å². The Balaban J connectivity index is 2.39. The first kappa shape index (κ1) is 10.6. The van der Waals surface area contributed by atoms with E-state index in [1.807, 2.05) is 25.4 Å². The molecule has 0 atom stereocenters. The summed E-state index contributed by atoms with van der Waals surface area (Å²) in [6, 6.07) is 6.07. The molecule has 1 aliphatic heterocycles. The number of aromatic nitrogens is 1. The molecule has 0 aliphatic carbocycles. The van der Waals surface area contributed by atoms with Gasteiger partial charge in [-0.1, -0.05) is 6.07 Å². The summed E-state index contributed by atoms with van der Waals surface area (Å²) in [5.74, 6) is 0. The Bertz CT molecular complexity index is 331. The van der Waals surface area contributed by atoms with E-state index in [4.69, 9.17) is 4.74 Å². The number of pyridine rings is 1. The fourth-order valence-corrected chi connectivity index (χ4v) is 2.02. The van der Waals surface area contributed by atoms with Gasteiger partial charge in [0.05, 0.1) is 24.3 Å². The molecule has 1 aromatic heterocycles. The van der Waals surface area contributed by atoms with Crippen LogP contribution in [0.3, 0.4) is 0 Å². The highest BCUT2D eigenvalue weighted by Crippen LogP contribution is 2.40. The first-order valence-electron chi connectivity index (χ1n) is 5.30. The molecule has 3 heteroatoms. The van der Waals surface area contributed by atoms with Gasteiger partial charge in [-0.3, -0.25) is 4.98 Å². The second kappa shape index (κ2) is 3.58. The van der Waals surface area contributed by atoms with Gasteiger partial charge in [0.25, 0.3) is 0 Å². The van der Waals surface area contributed by atoms with Crippen LogP contribution in [0.4, 0.5) is 0 Å². The maximum absolute atomic E-state index is 5.40. The molecular weight excluding hydrogens is 188 g/mol. The van der Waals surface area contributed by atoms with Crippen LogP contribution >= 0.6 is 0 Å². The third-order valence-electron chi connectivity index (χ3n) is 3.67. The van der Waals surface area contributed by atoms with Crippen LogP contribution < -0.4 is 5.32 Å². The molecule has 1 saturated heterocycles. The van der Waals surface area contributed by atoms with Gasteiger partial charge in [0.15, 0.2) is 0 Å². The molecule has 0 aromatic carbocycles. The summed E-state index contributed by atoms with van der Waals surface area (Å²) in [6.45, 7) is 5.89. The van der Waals surface area contributed by atoms with Crippen molar-refractivity contribution in [2.45, 2.75) is 24.8 Å². The third-order valence-corrected chi connectivity index (χ3v) is 3.67. The van der Waals surface area contributed by atoms with Crippen molar-refractivity contribution in [3.05, 3.63) is 30.1 Å². The van der Waals surface area contributed by atoms with Gasteiger partial charge in [-0.15, -0.1) is 0 Å². The first-order valence-corrected chi connectivity index (χ1v) is 5.30. The fraction of sp³-hybridized carbons (Fsp3) is 0.583. The summed E-state index contributed by atoms with van der Waals surface area (Å²) < 4.78 is 5.40. The molecule has 0 bridgehead atoms. The smallest absolute Gasteiger partial charge is 0.0768 e. The van der Waals surface area contributed by atoms with Gasteiger partial charge in [-0.25, -0.2) is 0 Å². The zero-order valence-electron chi connectivity index (χ0n) is 9.58. The Kier molecular flexibility index (Phi) is 2.52. The SMILES string of the molecule is CNC(C)(C)C1(c2ccccn2)COC1. The van der Waals surface area contributed by atoms with Crippen molar-refractivity contribution >= 4 is 0 Å². The van der Waals surface area contributed by atoms with Crippen LogP contribution in [-0.2, 0) is 10.2 Å². The Morgan fingerprint density at radius 3 is 2.53 bits per heavy atom. The molecule has 1 aliphatic rings. The number of rotatable bonds is 3. The summed E-state index contributed by atoms with van der Waals surface area (Å²) >= 11 is 0. The second-order valence-electron chi connectivity index (χ2n) is 4.66. The van der Waals surface area contributed by atoms with E-state index in [-0.39, 0.29) is 11.0 Å². The number of nitrogens with zero attached hydrogens (tertiary/aromatic N) is 1. The Morgan fingerprint density at radius 2 is 2.13 bits per heavy atom. The minimum Gasteiger partial charge on any atom is -0.379 e. The van der Waals surface area contributed by atoms with Crippen molar-refractivity contribution < 1.29 is 4.74 Å². The molecule has 0 amide bonds. The predicted octanol–water partition coefficient (Wildman–Crippen LogP) is 1.35. The van der Waals surface area contributed by atoms with E-state index in [1.54, 1.807) is 0 Å². The van der Waals surface area contributed by atoms with E-state index in [0.29, 0.717) is 0 Å². The fourth-order valence-electron chi connectivity index (χ4n) is 2.02. The lowest BCUT2D eigenvalue weighted by Gasteiger charge is -2.51. The highest BCUT2D eigenvalue weighted by Gasteiger charge is 2.52. The Labute approximate surface area is 90.9 Å². The lowest BCUT2D eigenvalue weighted by molar-refractivity contribution is -0.101. The first-order chi connectivity index (χ1) is 7.12. The molecule has 1 N–H and O–H groups in total. The molecule has 1 fully saturated rings. The average Bonchev–Trinajstić information content (AvgIpc) is 2.17. The van der Waals surface area contributed by atoms with Crippen LogP contribution in [-0.4, -0.2) is 30.8 Å². The highest BCUT2D eigenvalue weighted by molar-refractivity contribution is 5.27. The summed E-state index contributed by atoms with van der Waals surface area (Å²) in [6.07, 6.45) is 1.85. The zero-order valence-corrected chi connectivity index (χ0v) is 9.58. The highest BCUT2D eigenvalue weighted by atomic mass is 16.5. The van der Waals surface area contributed by atoms with Gasteiger partial charge in [-0.05, 0) is 33.0 Å². The van der Waals surface area contributed by atoms with Crippen molar-refractivity contribution in [1.29, 1.82) is 0 Å². The third kappa shape index (κ3) is 1.46. The van der Waals surface area contributed by atoms with E-state index in [0.717, 1.165) is 18.9 Å². The quantitative estimate of drug-likeness (QED) is 0.810. The van der Waals surface area contributed by atoms with Crippen LogP contribution in [0.1, 0.15) is 19.5 Å². The van der Waals surface area contributed by atoms with E-state index in [9.17, 15) is 0 Å². The summed E-state index contributed by atoms with van der Waals surface area (Å²) in [5.41, 5.74) is 1.14. The summed E-state index contributed by atoms with van der Waals surface area (Å²) in [7, 11) is 1.99. The second-order valence-corrected chi connectivity index (χ2v) is 4.66. The van der Waals surface area contributed by atoms with Gasteiger partial charge in [0, 0.05) is 11.7 Å². The normalized spacial score (nSPS) is 19.7. The molecule has 0 radical (unpaired) electrons. The molecule has 2 heterocycles. The van der Waals surface area contributed by atoms with Crippen molar-refractivity contribution in [2.75, 3.05) is 20.3 Å². The monoisotopic (exact) mass is 206 g/mol. The number of nitrogens with one attached hydrogen (secondary N) is 1. The van der Waals surface area contributed by atoms with Crippen molar-refractivity contribution in [3.8, 4) is 0 Å². The minimum absolute atomic E-state index is 0.000394. The predicted molar refractivity (Wildman–Crippen MR) is 59.9 cm³/mol. The van der Waals surface area contributed by atoms with Crippen LogP contribution in [0, 0.1) is 0 Å². The number of ether oxygens (including phenoxy) is 1. The van der Waals surface area contributed by atoms with Crippen LogP contribution in [0.2, 0.25) is 0 Å². The van der Waals surface area contributed by atoms with Crippen molar-refractivity contribution in [2.24, 2.45) is 0 Å². The Hall–Kier alpha value is -0.930. The minimum atomic E-state index is -0.000394. The molecule has 2 rings (SSSR count). The van der Waals surface area contributed by atoms with Crippen LogP contribution in [0.5, 0.6) is 0 Å².